The average molecular weight is 353 g/mol. The number of piperidine rings is 1. The Bertz CT molecular complexity index is 635. The van der Waals surface area contributed by atoms with Crippen LogP contribution in [0.25, 0.3) is 0 Å². The van der Waals surface area contributed by atoms with Gasteiger partial charge in [-0.05, 0) is 33.2 Å². The quantitative estimate of drug-likeness (QED) is 0.788. The number of halogens is 1. The minimum atomic E-state index is -3.84. The van der Waals surface area contributed by atoms with Crippen molar-refractivity contribution in [2.75, 3.05) is 20.2 Å². The smallest absolute Gasteiger partial charge is 0.342 e. The second-order valence-corrected chi connectivity index (χ2v) is 6.73. The molecule has 2 N–H and O–H groups in total. The van der Waals surface area contributed by atoms with Crippen LogP contribution in [-0.2, 0) is 14.8 Å². The average Bonchev–Trinajstić information content (AvgIpc) is 2.74. The SMILES string of the molecule is COC(=O)c1c(C)oc(C)c1S(=O)(=O)N[C@@H]1CCCNC1.Cl. The van der Waals surface area contributed by atoms with E-state index in [0.29, 0.717) is 6.54 Å². The Labute approximate surface area is 136 Å². The number of carbonyl (C=O) groups excluding carboxylic acids is 1. The van der Waals surface area contributed by atoms with Gasteiger partial charge in [0.2, 0.25) is 10.0 Å². The van der Waals surface area contributed by atoms with E-state index in [2.05, 4.69) is 14.8 Å². The first-order valence-electron chi connectivity index (χ1n) is 6.78. The lowest BCUT2D eigenvalue weighted by Gasteiger charge is -2.23. The summed E-state index contributed by atoms with van der Waals surface area (Å²) in [5.74, 6) is -0.294. The molecule has 0 aromatic carbocycles. The van der Waals surface area contributed by atoms with Crippen molar-refractivity contribution >= 4 is 28.4 Å². The lowest BCUT2D eigenvalue weighted by atomic mass is 10.1. The summed E-state index contributed by atoms with van der Waals surface area (Å²) in [6, 6.07) is -0.191. The summed E-state index contributed by atoms with van der Waals surface area (Å²) in [6.45, 7) is 4.52. The van der Waals surface area contributed by atoms with Crippen molar-refractivity contribution in [1.82, 2.24) is 10.0 Å². The van der Waals surface area contributed by atoms with Crippen LogP contribution in [0.15, 0.2) is 9.31 Å². The second kappa shape index (κ2) is 7.45. The van der Waals surface area contributed by atoms with Crippen LogP contribution in [0.5, 0.6) is 0 Å². The van der Waals surface area contributed by atoms with Gasteiger partial charge in [0.1, 0.15) is 22.0 Å². The molecule has 1 saturated heterocycles. The van der Waals surface area contributed by atoms with Crippen molar-refractivity contribution in [2.45, 2.75) is 37.6 Å². The standard InChI is InChI=1S/C13H20N2O5S.ClH/c1-8-11(13(16)19-3)12(9(2)20-8)21(17,18)15-10-5-4-6-14-7-10;/h10,14-15H,4-7H2,1-3H3;1H/t10-;/m1./s1. The number of sulfonamides is 1. The maximum atomic E-state index is 12.6. The fourth-order valence-electron chi connectivity index (χ4n) is 2.56. The van der Waals surface area contributed by atoms with Crippen molar-refractivity contribution in [3.05, 3.63) is 17.1 Å². The molecule has 9 heteroatoms. The van der Waals surface area contributed by atoms with Gasteiger partial charge in [-0.3, -0.25) is 0 Å². The second-order valence-electron chi connectivity index (χ2n) is 5.07. The van der Waals surface area contributed by atoms with E-state index >= 15 is 0 Å². The minimum Gasteiger partial charge on any atom is -0.465 e. The number of methoxy groups -OCH3 is 1. The molecular weight excluding hydrogens is 332 g/mol. The Kier molecular flexibility index (Phi) is 6.42. The van der Waals surface area contributed by atoms with Crippen LogP contribution in [0, 0.1) is 13.8 Å². The van der Waals surface area contributed by atoms with Gasteiger partial charge in [0.25, 0.3) is 0 Å². The van der Waals surface area contributed by atoms with Gasteiger partial charge in [0.05, 0.1) is 7.11 Å². The van der Waals surface area contributed by atoms with Crippen molar-refractivity contribution < 1.29 is 22.4 Å². The molecule has 1 aliphatic heterocycles. The molecule has 7 nitrogen and oxygen atoms in total. The zero-order valence-electron chi connectivity index (χ0n) is 12.8. The van der Waals surface area contributed by atoms with Crippen LogP contribution in [0.4, 0.5) is 0 Å². The van der Waals surface area contributed by atoms with E-state index < -0.39 is 16.0 Å². The highest BCUT2D eigenvalue weighted by molar-refractivity contribution is 7.89. The molecule has 0 spiro atoms. The maximum absolute atomic E-state index is 12.6. The third-order valence-corrected chi connectivity index (χ3v) is 5.15. The van der Waals surface area contributed by atoms with E-state index in [1.807, 2.05) is 0 Å². The summed E-state index contributed by atoms with van der Waals surface area (Å²) >= 11 is 0. The molecule has 22 heavy (non-hydrogen) atoms. The van der Waals surface area contributed by atoms with E-state index in [0.717, 1.165) is 19.4 Å². The lowest BCUT2D eigenvalue weighted by molar-refractivity contribution is 0.0595. The Balaban J connectivity index is 0.00000242. The largest absolute Gasteiger partial charge is 0.465 e. The molecule has 126 valence electrons. The van der Waals surface area contributed by atoms with E-state index in [-0.39, 0.29) is 40.4 Å². The van der Waals surface area contributed by atoms with Crippen LogP contribution >= 0.6 is 12.4 Å². The molecule has 2 heterocycles. The molecule has 0 saturated carbocycles. The van der Waals surface area contributed by atoms with Crippen LogP contribution in [-0.4, -0.2) is 40.6 Å². The number of furan rings is 1. The first-order chi connectivity index (χ1) is 9.86. The van der Waals surface area contributed by atoms with Crippen molar-refractivity contribution in [3.63, 3.8) is 0 Å². The lowest BCUT2D eigenvalue weighted by Crippen LogP contribution is -2.45. The number of nitrogens with one attached hydrogen (secondary N) is 2. The number of carbonyl (C=O) groups is 1. The molecule has 0 aliphatic carbocycles. The molecule has 0 bridgehead atoms. The fraction of sp³-hybridized carbons (Fsp3) is 0.615. The molecule has 1 aliphatic rings. The molecule has 2 rings (SSSR count). The summed E-state index contributed by atoms with van der Waals surface area (Å²) in [7, 11) is -2.63. The van der Waals surface area contributed by atoms with Gasteiger partial charge in [-0.25, -0.2) is 17.9 Å². The highest BCUT2D eigenvalue weighted by Gasteiger charge is 2.33. The van der Waals surface area contributed by atoms with Crippen LogP contribution in [0.2, 0.25) is 0 Å². The summed E-state index contributed by atoms with van der Waals surface area (Å²) in [5, 5.41) is 3.14. The number of ether oxygens (including phenoxy) is 1. The molecule has 1 aromatic heterocycles. The first kappa shape index (κ1) is 19.0. The molecule has 0 radical (unpaired) electrons. The summed E-state index contributed by atoms with van der Waals surface area (Å²) in [6.07, 6.45) is 1.66. The zero-order chi connectivity index (χ0) is 15.6. The van der Waals surface area contributed by atoms with E-state index in [1.54, 1.807) is 6.92 Å². The van der Waals surface area contributed by atoms with Crippen LogP contribution in [0.3, 0.4) is 0 Å². The van der Waals surface area contributed by atoms with Crippen LogP contribution in [0.1, 0.15) is 34.7 Å². The number of aryl methyl sites for hydroxylation is 2. The Morgan fingerprint density at radius 3 is 2.59 bits per heavy atom. The molecule has 1 aromatic rings. The number of hydrogen-bond donors (Lipinski definition) is 2. The Morgan fingerprint density at radius 1 is 1.36 bits per heavy atom. The minimum absolute atomic E-state index is 0. The third kappa shape index (κ3) is 3.81. The van der Waals surface area contributed by atoms with Crippen molar-refractivity contribution in [2.24, 2.45) is 0 Å². The maximum Gasteiger partial charge on any atom is 0.342 e. The van der Waals surface area contributed by atoms with E-state index in [4.69, 9.17) is 4.42 Å². The molecular formula is C13H21ClN2O5S. The van der Waals surface area contributed by atoms with Crippen molar-refractivity contribution in [1.29, 1.82) is 0 Å². The van der Waals surface area contributed by atoms with Gasteiger partial charge >= 0.3 is 5.97 Å². The van der Waals surface area contributed by atoms with Gasteiger partial charge in [0, 0.05) is 12.6 Å². The topological polar surface area (TPSA) is 97.6 Å². The third-order valence-electron chi connectivity index (χ3n) is 3.48. The van der Waals surface area contributed by atoms with Gasteiger partial charge in [0.15, 0.2) is 0 Å². The molecule has 0 amide bonds. The predicted octanol–water partition coefficient (Wildman–Crippen LogP) is 1.14. The fourth-order valence-corrected chi connectivity index (χ4v) is 4.23. The summed E-state index contributed by atoms with van der Waals surface area (Å²) < 4.78 is 37.7. The number of esters is 1. The van der Waals surface area contributed by atoms with Gasteiger partial charge in [-0.2, -0.15) is 0 Å². The first-order valence-corrected chi connectivity index (χ1v) is 8.26. The predicted molar refractivity (Wildman–Crippen MR) is 83.0 cm³/mol. The van der Waals surface area contributed by atoms with Gasteiger partial charge in [-0.1, -0.05) is 0 Å². The van der Waals surface area contributed by atoms with Gasteiger partial charge < -0.3 is 14.5 Å². The summed E-state index contributed by atoms with van der Waals surface area (Å²) in [5.41, 5.74) is -0.0359. The van der Waals surface area contributed by atoms with Crippen LogP contribution < -0.4 is 10.0 Å². The number of hydrogen-bond acceptors (Lipinski definition) is 6. The molecule has 1 fully saturated rings. The summed E-state index contributed by atoms with van der Waals surface area (Å²) in [4.78, 5) is 11.7. The van der Waals surface area contributed by atoms with E-state index in [9.17, 15) is 13.2 Å². The van der Waals surface area contributed by atoms with Gasteiger partial charge in [-0.15, -0.1) is 12.4 Å². The normalized spacial score (nSPS) is 18.6. The Morgan fingerprint density at radius 2 is 2.05 bits per heavy atom. The molecule has 1 atom stereocenters. The zero-order valence-corrected chi connectivity index (χ0v) is 14.4. The molecule has 0 unspecified atom stereocenters. The highest BCUT2D eigenvalue weighted by atomic mass is 35.5. The highest BCUT2D eigenvalue weighted by Crippen LogP contribution is 2.27. The van der Waals surface area contributed by atoms with Crippen molar-refractivity contribution in [3.8, 4) is 0 Å². The monoisotopic (exact) mass is 352 g/mol. The Hall–Kier alpha value is -1.09. The number of rotatable bonds is 4. The van der Waals surface area contributed by atoms with E-state index in [1.165, 1.54) is 14.0 Å².